The van der Waals surface area contributed by atoms with Crippen molar-refractivity contribution in [3.8, 4) is 0 Å². The maximum absolute atomic E-state index is 4.78. The highest BCUT2D eigenvalue weighted by atomic mass is 15.1. The molecule has 118 valence electrons. The maximum Gasteiger partial charge on any atom is 0.135 e. The van der Waals surface area contributed by atoms with E-state index in [1.807, 2.05) is 0 Å². The first-order chi connectivity index (χ1) is 10.0. The van der Waals surface area contributed by atoms with E-state index in [0.29, 0.717) is 12.0 Å². The van der Waals surface area contributed by atoms with E-state index in [0.717, 1.165) is 35.5 Å². The Morgan fingerprint density at radius 3 is 2.43 bits per heavy atom. The summed E-state index contributed by atoms with van der Waals surface area (Å²) in [7, 11) is 0. The molecule has 0 saturated heterocycles. The largest absolute Gasteiger partial charge is 0.370 e. The summed E-state index contributed by atoms with van der Waals surface area (Å²) in [6, 6.07) is 0.543. The van der Waals surface area contributed by atoms with Crippen LogP contribution in [0, 0.1) is 12.8 Å². The summed E-state index contributed by atoms with van der Waals surface area (Å²) in [5.74, 6) is 3.97. The summed E-state index contributed by atoms with van der Waals surface area (Å²) in [6.45, 7) is 11.7. The van der Waals surface area contributed by atoms with Gasteiger partial charge in [-0.2, -0.15) is 0 Å². The van der Waals surface area contributed by atoms with Crippen molar-refractivity contribution in [2.45, 2.75) is 72.3 Å². The number of rotatable bonds is 5. The highest BCUT2D eigenvalue weighted by molar-refractivity contribution is 5.57. The predicted molar refractivity (Wildman–Crippen MR) is 90.1 cm³/mol. The van der Waals surface area contributed by atoms with Crippen LogP contribution in [0.1, 0.15) is 70.7 Å². The second kappa shape index (κ2) is 7.10. The summed E-state index contributed by atoms with van der Waals surface area (Å²) in [6.07, 6.45) is 5.25. The topological polar surface area (TPSA) is 49.8 Å². The second-order valence-electron chi connectivity index (χ2n) is 6.60. The van der Waals surface area contributed by atoms with Crippen molar-refractivity contribution in [2.75, 3.05) is 17.2 Å². The first-order valence-corrected chi connectivity index (χ1v) is 8.41. The zero-order valence-corrected chi connectivity index (χ0v) is 14.2. The molecule has 4 heteroatoms. The Morgan fingerprint density at radius 2 is 1.81 bits per heavy atom. The Kier molecular flexibility index (Phi) is 5.43. The third-order valence-corrected chi connectivity index (χ3v) is 4.46. The summed E-state index contributed by atoms with van der Waals surface area (Å²) < 4.78 is 0. The molecule has 4 nitrogen and oxygen atoms in total. The highest BCUT2D eigenvalue weighted by Gasteiger charge is 2.23. The molecule has 0 amide bonds. The highest BCUT2D eigenvalue weighted by Crippen LogP contribution is 2.29. The Labute approximate surface area is 129 Å². The summed E-state index contributed by atoms with van der Waals surface area (Å²) in [5.41, 5.74) is 1.14. The number of nitrogens with zero attached hydrogens (tertiary/aromatic N) is 2. The number of nitrogens with one attached hydrogen (secondary N) is 2. The number of hydrogen-bond acceptors (Lipinski definition) is 4. The fourth-order valence-electron chi connectivity index (χ4n) is 2.98. The van der Waals surface area contributed by atoms with E-state index in [1.165, 1.54) is 25.7 Å². The summed E-state index contributed by atoms with van der Waals surface area (Å²) >= 11 is 0. The zero-order valence-electron chi connectivity index (χ0n) is 14.2. The molecule has 0 radical (unpaired) electrons. The van der Waals surface area contributed by atoms with Crippen molar-refractivity contribution < 1.29 is 0 Å². The van der Waals surface area contributed by atoms with Gasteiger partial charge in [-0.15, -0.1) is 0 Å². The van der Waals surface area contributed by atoms with Gasteiger partial charge in [0.2, 0.25) is 0 Å². The van der Waals surface area contributed by atoms with Gasteiger partial charge in [0.25, 0.3) is 0 Å². The quantitative estimate of drug-likeness (QED) is 0.847. The van der Waals surface area contributed by atoms with E-state index in [4.69, 9.17) is 4.98 Å². The van der Waals surface area contributed by atoms with Gasteiger partial charge in [0.05, 0.1) is 0 Å². The van der Waals surface area contributed by atoms with Crippen molar-refractivity contribution in [2.24, 2.45) is 5.92 Å². The molecule has 2 atom stereocenters. The molecule has 0 spiro atoms. The summed E-state index contributed by atoms with van der Waals surface area (Å²) in [4.78, 5) is 9.45. The van der Waals surface area contributed by atoms with E-state index in [1.54, 1.807) is 0 Å². The Hall–Kier alpha value is -1.32. The van der Waals surface area contributed by atoms with Gasteiger partial charge in [0.15, 0.2) is 0 Å². The van der Waals surface area contributed by atoms with Crippen LogP contribution >= 0.6 is 0 Å². The number of anilines is 2. The fourth-order valence-corrected chi connectivity index (χ4v) is 2.98. The van der Waals surface area contributed by atoms with Gasteiger partial charge >= 0.3 is 0 Å². The van der Waals surface area contributed by atoms with E-state index in [-0.39, 0.29) is 0 Å². The van der Waals surface area contributed by atoms with Crippen molar-refractivity contribution in [1.29, 1.82) is 0 Å². The van der Waals surface area contributed by atoms with Crippen molar-refractivity contribution >= 4 is 11.6 Å². The first kappa shape index (κ1) is 16.1. The molecule has 1 heterocycles. The van der Waals surface area contributed by atoms with Gasteiger partial charge in [-0.05, 0) is 32.6 Å². The van der Waals surface area contributed by atoms with Gasteiger partial charge in [-0.25, -0.2) is 9.97 Å². The lowest BCUT2D eigenvalue weighted by atomic mass is 9.86. The second-order valence-corrected chi connectivity index (χ2v) is 6.60. The summed E-state index contributed by atoms with van der Waals surface area (Å²) in [5, 5.41) is 7.07. The Bertz CT molecular complexity index is 470. The maximum atomic E-state index is 4.78. The smallest absolute Gasteiger partial charge is 0.135 e. The number of aromatic nitrogens is 2. The minimum atomic E-state index is 0.340. The molecule has 1 fully saturated rings. The van der Waals surface area contributed by atoms with Crippen LogP contribution in [0.5, 0.6) is 0 Å². The fraction of sp³-hybridized carbons (Fsp3) is 0.765. The zero-order chi connectivity index (χ0) is 15.4. The van der Waals surface area contributed by atoms with Crippen LogP contribution in [-0.2, 0) is 0 Å². The van der Waals surface area contributed by atoms with Crippen molar-refractivity contribution in [1.82, 2.24) is 9.97 Å². The van der Waals surface area contributed by atoms with E-state index in [2.05, 4.69) is 50.2 Å². The third-order valence-electron chi connectivity index (χ3n) is 4.46. The van der Waals surface area contributed by atoms with Gasteiger partial charge in [0, 0.05) is 24.1 Å². The lowest BCUT2D eigenvalue weighted by molar-refractivity contribution is 0.349. The van der Waals surface area contributed by atoms with Crippen LogP contribution in [0.25, 0.3) is 0 Å². The SMILES string of the molecule is CCNc1nc(C(C)C)nc(NC2CCCCC2C)c1C. The molecule has 1 saturated carbocycles. The molecular weight excluding hydrogens is 260 g/mol. The van der Waals surface area contributed by atoms with Gasteiger partial charge in [0.1, 0.15) is 17.5 Å². The monoisotopic (exact) mass is 290 g/mol. The van der Waals surface area contributed by atoms with Crippen molar-refractivity contribution in [3.63, 3.8) is 0 Å². The molecule has 0 aromatic carbocycles. The molecule has 2 unspecified atom stereocenters. The van der Waals surface area contributed by atoms with Crippen LogP contribution < -0.4 is 10.6 Å². The molecule has 1 aliphatic carbocycles. The predicted octanol–water partition coefficient (Wildman–Crippen LogP) is 4.33. The third kappa shape index (κ3) is 3.86. The Morgan fingerprint density at radius 1 is 1.14 bits per heavy atom. The van der Waals surface area contributed by atoms with Crippen molar-refractivity contribution in [3.05, 3.63) is 11.4 Å². The number of hydrogen-bond donors (Lipinski definition) is 2. The normalized spacial score (nSPS) is 22.4. The molecule has 1 aromatic heterocycles. The molecule has 0 bridgehead atoms. The standard InChI is InChI=1S/C17H30N4/c1-6-18-16-13(5)17(21-15(20-16)11(2)3)19-14-10-8-7-9-12(14)4/h11-12,14H,6-10H2,1-5H3,(H2,18,19,20,21). The van der Waals surface area contributed by atoms with E-state index >= 15 is 0 Å². The average molecular weight is 290 g/mol. The Balaban J connectivity index is 2.27. The van der Waals surface area contributed by atoms with Crippen LogP contribution in [0.4, 0.5) is 11.6 Å². The molecule has 2 rings (SSSR count). The van der Waals surface area contributed by atoms with Gasteiger partial charge in [-0.1, -0.05) is 33.6 Å². The van der Waals surface area contributed by atoms with Gasteiger partial charge < -0.3 is 10.6 Å². The van der Waals surface area contributed by atoms with Gasteiger partial charge in [-0.3, -0.25) is 0 Å². The molecular formula is C17H30N4. The molecule has 21 heavy (non-hydrogen) atoms. The lowest BCUT2D eigenvalue weighted by Crippen LogP contribution is -2.31. The van der Waals surface area contributed by atoms with Crippen LogP contribution in [0.3, 0.4) is 0 Å². The van der Waals surface area contributed by atoms with E-state index in [9.17, 15) is 0 Å². The van der Waals surface area contributed by atoms with E-state index < -0.39 is 0 Å². The van der Waals surface area contributed by atoms with Crippen LogP contribution in [0.15, 0.2) is 0 Å². The molecule has 1 aliphatic rings. The molecule has 1 aromatic rings. The molecule has 0 aliphatic heterocycles. The van der Waals surface area contributed by atoms with Crippen LogP contribution in [0.2, 0.25) is 0 Å². The van der Waals surface area contributed by atoms with Crippen LogP contribution in [-0.4, -0.2) is 22.6 Å². The first-order valence-electron chi connectivity index (χ1n) is 8.41. The molecule has 2 N–H and O–H groups in total. The minimum absolute atomic E-state index is 0.340. The average Bonchev–Trinajstić information content (AvgIpc) is 2.45. The lowest BCUT2D eigenvalue weighted by Gasteiger charge is -2.30. The minimum Gasteiger partial charge on any atom is -0.370 e.